The summed E-state index contributed by atoms with van der Waals surface area (Å²) in [5.41, 5.74) is 2.53. The first-order valence-electron chi connectivity index (χ1n) is 7.17. The van der Waals surface area contributed by atoms with Crippen LogP contribution in [0.25, 0.3) is 0 Å². The van der Waals surface area contributed by atoms with Gasteiger partial charge >= 0.3 is 0 Å². The fourth-order valence-corrected chi connectivity index (χ4v) is 2.76. The molecule has 1 amide bonds. The number of para-hydroxylation sites is 1. The number of aryl methyl sites for hydroxylation is 1. The Kier molecular flexibility index (Phi) is 3.42. The third-order valence-electron chi connectivity index (χ3n) is 4.08. The van der Waals surface area contributed by atoms with Crippen molar-refractivity contribution in [3.63, 3.8) is 0 Å². The Morgan fingerprint density at radius 3 is 2.57 bits per heavy atom. The largest absolute Gasteiger partial charge is 0.496 e. The van der Waals surface area contributed by atoms with Crippen LogP contribution in [-0.4, -0.2) is 13.0 Å². The van der Waals surface area contributed by atoms with Gasteiger partial charge in [0.05, 0.1) is 12.5 Å². The average molecular weight is 281 g/mol. The van der Waals surface area contributed by atoms with Gasteiger partial charge in [-0.05, 0) is 43.5 Å². The van der Waals surface area contributed by atoms with E-state index >= 15 is 0 Å². The second kappa shape index (κ2) is 5.24. The molecule has 1 aliphatic rings. The van der Waals surface area contributed by atoms with Gasteiger partial charge in [-0.1, -0.05) is 30.3 Å². The molecule has 3 rings (SSSR count). The first-order chi connectivity index (χ1) is 10.2. The molecule has 108 valence electrons. The Morgan fingerprint density at radius 1 is 1.14 bits per heavy atom. The second-order valence-corrected chi connectivity index (χ2v) is 5.61. The Hall–Kier alpha value is -2.29. The maximum atomic E-state index is 12.7. The minimum atomic E-state index is -0.434. The van der Waals surface area contributed by atoms with Crippen molar-refractivity contribution in [2.24, 2.45) is 0 Å². The van der Waals surface area contributed by atoms with Gasteiger partial charge in [-0.25, -0.2) is 0 Å². The van der Waals surface area contributed by atoms with Crippen molar-refractivity contribution in [2.45, 2.75) is 25.2 Å². The third kappa shape index (κ3) is 2.51. The maximum absolute atomic E-state index is 12.7. The molecule has 0 bridgehead atoms. The van der Waals surface area contributed by atoms with Crippen molar-refractivity contribution in [3.05, 3.63) is 59.7 Å². The smallest absolute Gasteiger partial charge is 0.235 e. The number of carbonyl (C=O) groups excluding carboxylic acids is 1. The molecule has 1 fully saturated rings. The second-order valence-electron chi connectivity index (χ2n) is 5.61. The van der Waals surface area contributed by atoms with Gasteiger partial charge in [0.25, 0.3) is 0 Å². The number of amides is 1. The minimum absolute atomic E-state index is 0.0533. The van der Waals surface area contributed by atoms with Gasteiger partial charge < -0.3 is 10.1 Å². The molecule has 0 heterocycles. The fraction of sp³-hybridized carbons (Fsp3) is 0.278. The van der Waals surface area contributed by atoms with Gasteiger partial charge in [-0.2, -0.15) is 0 Å². The zero-order valence-electron chi connectivity index (χ0n) is 12.3. The quantitative estimate of drug-likeness (QED) is 0.928. The van der Waals surface area contributed by atoms with Crippen LogP contribution in [0.15, 0.2) is 48.5 Å². The predicted molar refractivity (Wildman–Crippen MR) is 83.7 cm³/mol. The zero-order valence-corrected chi connectivity index (χ0v) is 12.3. The van der Waals surface area contributed by atoms with Crippen molar-refractivity contribution in [1.82, 2.24) is 0 Å². The summed E-state index contributed by atoms with van der Waals surface area (Å²) in [6.45, 7) is 2.02. The normalized spacial score (nSPS) is 15.3. The Balaban J connectivity index is 1.87. The highest BCUT2D eigenvalue weighted by molar-refractivity contribution is 6.01. The number of benzene rings is 2. The lowest BCUT2D eigenvalue weighted by Crippen LogP contribution is -2.28. The van der Waals surface area contributed by atoms with E-state index in [4.69, 9.17) is 4.74 Å². The topological polar surface area (TPSA) is 38.3 Å². The van der Waals surface area contributed by atoms with Crippen molar-refractivity contribution in [3.8, 4) is 5.75 Å². The van der Waals surface area contributed by atoms with Crippen molar-refractivity contribution in [1.29, 1.82) is 0 Å². The van der Waals surface area contributed by atoms with Crippen molar-refractivity contribution >= 4 is 11.6 Å². The van der Waals surface area contributed by atoms with E-state index in [9.17, 15) is 4.79 Å². The maximum Gasteiger partial charge on any atom is 0.235 e. The molecule has 2 aromatic rings. The summed E-state index contributed by atoms with van der Waals surface area (Å²) in [6.07, 6.45) is 1.73. The molecule has 0 aliphatic heterocycles. The lowest BCUT2D eigenvalue weighted by atomic mass is 9.94. The van der Waals surface area contributed by atoms with E-state index in [1.807, 2.05) is 55.5 Å². The van der Waals surface area contributed by atoms with Gasteiger partial charge in [-0.15, -0.1) is 0 Å². The van der Waals surface area contributed by atoms with Gasteiger partial charge in [0.15, 0.2) is 0 Å². The average Bonchev–Trinajstić information content (AvgIpc) is 3.29. The number of anilines is 1. The molecular formula is C18H19NO2. The number of ether oxygens (including phenoxy) is 1. The van der Waals surface area contributed by atoms with Crippen molar-refractivity contribution in [2.75, 3.05) is 12.4 Å². The number of nitrogens with one attached hydrogen (secondary N) is 1. The van der Waals surface area contributed by atoms with Crippen LogP contribution in [0.3, 0.4) is 0 Å². The van der Waals surface area contributed by atoms with Crippen LogP contribution in [0.1, 0.15) is 24.0 Å². The molecule has 1 aliphatic carbocycles. The van der Waals surface area contributed by atoms with Crippen LogP contribution < -0.4 is 10.1 Å². The Morgan fingerprint density at radius 2 is 1.90 bits per heavy atom. The van der Waals surface area contributed by atoms with Gasteiger partial charge in [-0.3, -0.25) is 4.79 Å². The highest BCUT2D eigenvalue weighted by atomic mass is 16.5. The molecule has 1 N–H and O–H groups in total. The molecule has 3 nitrogen and oxygen atoms in total. The highest BCUT2D eigenvalue weighted by Crippen LogP contribution is 2.51. The monoisotopic (exact) mass is 281 g/mol. The summed E-state index contributed by atoms with van der Waals surface area (Å²) >= 11 is 0. The van der Waals surface area contributed by atoms with Gasteiger partial charge in [0, 0.05) is 11.3 Å². The molecule has 0 radical (unpaired) electrons. The molecule has 0 saturated heterocycles. The molecule has 3 heteroatoms. The van der Waals surface area contributed by atoms with E-state index in [2.05, 4.69) is 5.32 Å². The molecule has 0 aromatic heterocycles. The van der Waals surface area contributed by atoms with Gasteiger partial charge in [0.2, 0.25) is 5.91 Å². The van der Waals surface area contributed by atoms with Gasteiger partial charge in [0.1, 0.15) is 5.75 Å². The minimum Gasteiger partial charge on any atom is -0.496 e. The summed E-state index contributed by atoms with van der Waals surface area (Å²) in [6, 6.07) is 15.7. The molecular weight excluding hydrogens is 262 g/mol. The van der Waals surface area contributed by atoms with Crippen LogP contribution in [0.5, 0.6) is 5.75 Å². The van der Waals surface area contributed by atoms with Crippen molar-refractivity contribution < 1.29 is 9.53 Å². The van der Waals surface area contributed by atoms with Crippen LogP contribution >= 0.6 is 0 Å². The van der Waals surface area contributed by atoms with E-state index in [-0.39, 0.29) is 5.91 Å². The summed E-state index contributed by atoms with van der Waals surface area (Å²) in [4.78, 5) is 12.7. The summed E-state index contributed by atoms with van der Waals surface area (Å²) in [5, 5.41) is 3.04. The van der Waals surface area contributed by atoms with Crippen LogP contribution in [-0.2, 0) is 10.2 Å². The number of carbonyl (C=O) groups is 1. The molecule has 0 spiro atoms. The standard InChI is InChI=1S/C18H19NO2/c1-13-6-5-7-14(12-13)19-17(20)18(10-11-18)15-8-3-4-9-16(15)21-2/h3-9,12H,10-11H2,1-2H3,(H,19,20). The van der Waals surface area contributed by atoms with E-state index in [0.29, 0.717) is 0 Å². The summed E-state index contributed by atoms with van der Waals surface area (Å²) < 4.78 is 5.41. The SMILES string of the molecule is COc1ccccc1C1(C(=O)Nc2cccc(C)c2)CC1. The first kappa shape index (κ1) is 13.7. The number of rotatable bonds is 4. The lowest BCUT2D eigenvalue weighted by Gasteiger charge is -2.18. The van der Waals surface area contributed by atoms with E-state index in [0.717, 1.165) is 35.4 Å². The van der Waals surface area contributed by atoms with Crippen LogP contribution in [0.2, 0.25) is 0 Å². The van der Waals surface area contributed by atoms with E-state index in [1.54, 1.807) is 7.11 Å². The molecule has 0 unspecified atom stereocenters. The Labute approximate surface area is 124 Å². The van der Waals surface area contributed by atoms with Crippen LogP contribution in [0.4, 0.5) is 5.69 Å². The van der Waals surface area contributed by atoms with E-state index in [1.165, 1.54) is 0 Å². The third-order valence-corrected chi connectivity index (χ3v) is 4.08. The molecule has 0 atom stereocenters. The highest BCUT2D eigenvalue weighted by Gasteiger charge is 2.52. The number of hydrogen-bond donors (Lipinski definition) is 1. The molecule has 1 saturated carbocycles. The van der Waals surface area contributed by atoms with Crippen LogP contribution in [0, 0.1) is 6.92 Å². The van der Waals surface area contributed by atoms with E-state index < -0.39 is 5.41 Å². The Bertz CT molecular complexity index is 674. The summed E-state index contributed by atoms with van der Waals surface area (Å²) in [5.74, 6) is 0.840. The molecule has 2 aromatic carbocycles. The first-order valence-corrected chi connectivity index (χ1v) is 7.17. The molecule has 21 heavy (non-hydrogen) atoms. The zero-order chi connectivity index (χ0) is 14.9. The summed E-state index contributed by atoms with van der Waals surface area (Å²) in [7, 11) is 1.65. The lowest BCUT2D eigenvalue weighted by molar-refractivity contribution is -0.118. The number of methoxy groups -OCH3 is 1. The number of hydrogen-bond acceptors (Lipinski definition) is 2. The fourth-order valence-electron chi connectivity index (χ4n) is 2.76. The predicted octanol–water partition coefficient (Wildman–Crippen LogP) is 3.67.